The lowest BCUT2D eigenvalue weighted by Crippen LogP contribution is -2.37. The number of carbonyl (C=O) groups is 1. The first-order chi connectivity index (χ1) is 8.81. The molecule has 0 amide bonds. The van der Waals surface area contributed by atoms with Crippen LogP contribution in [0.25, 0.3) is 0 Å². The van der Waals surface area contributed by atoms with Crippen molar-refractivity contribution >= 4 is 11.7 Å². The van der Waals surface area contributed by atoms with Crippen LogP contribution < -0.4 is 14.4 Å². The Labute approximate surface area is 113 Å². The molecule has 5 nitrogen and oxygen atoms in total. The molecule has 0 fully saturated rings. The summed E-state index contributed by atoms with van der Waals surface area (Å²) in [6.45, 7) is 3.80. The monoisotopic (exact) mass is 267 g/mol. The molecule has 0 aliphatic heterocycles. The first kappa shape index (κ1) is 15.1. The second-order valence-corrected chi connectivity index (χ2v) is 5.08. The van der Waals surface area contributed by atoms with Crippen LogP contribution in [0.5, 0.6) is 11.5 Å². The van der Waals surface area contributed by atoms with Crippen LogP contribution in [0.1, 0.15) is 13.8 Å². The highest BCUT2D eigenvalue weighted by Gasteiger charge is 2.29. The Balaban J connectivity index is 2.94. The van der Waals surface area contributed by atoms with E-state index in [9.17, 15) is 4.79 Å². The lowest BCUT2D eigenvalue weighted by Gasteiger charge is -2.28. The summed E-state index contributed by atoms with van der Waals surface area (Å²) in [7, 11) is 5.00. The molecule has 1 aromatic rings. The van der Waals surface area contributed by atoms with Crippen LogP contribution in [-0.2, 0) is 4.79 Å². The van der Waals surface area contributed by atoms with Gasteiger partial charge in [-0.3, -0.25) is 4.79 Å². The molecule has 0 unspecified atom stereocenters. The van der Waals surface area contributed by atoms with E-state index in [1.165, 1.54) is 0 Å². The molecule has 0 saturated heterocycles. The molecule has 0 aliphatic carbocycles. The number of carboxylic acids is 1. The smallest absolute Gasteiger partial charge is 0.310 e. The SMILES string of the molecule is COc1ccc(N(C)CC(C)(C)C(=O)O)cc1OC. The zero-order valence-corrected chi connectivity index (χ0v) is 12.1. The topological polar surface area (TPSA) is 59.0 Å². The molecule has 5 heteroatoms. The molecular formula is C14H21NO4. The predicted molar refractivity (Wildman–Crippen MR) is 74.2 cm³/mol. The first-order valence-corrected chi connectivity index (χ1v) is 5.98. The molecule has 0 saturated carbocycles. The van der Waals surface area contributed by atoms with Crippen molar-refractivity contribution in [1.82, 2.24) is 0 Å². The molecule has 0 aliphatic rings. The minimum absolute atomic E-state index is 0.401. The van der Waals surface area contributed by atoms with E-state index in [2.05, 4.69) is 0 Å². The number of nitrogens with zero attached hydrogens (tertiary/aromatic N) is 1. The van der Waals surface area contributed by atoms with Crippen molar-refractivity contribution in [1.29, 1.82) is 0 Å². The summed E-state index contributed by atoms with van der Waals surface area (Å²) >= 11 is 0. The third kappa shape index (κ3) is 3.53. The van der Waals surface area contributed by atoms with Crippen LogP contribution in [0, 0.1) is 5.41 Å². The fraction of sp³-hybridized carbons (Fsp3) is 0.500. The lowest BCUT2D eigenvalue weighted by molar-refractivity contribution is -0.146. The van der Waals surface area contributed by atoms with Crippen LogP contribution in [0.15, 0.2) is 18.2 Å². The van der Waals surface area contributed by atoms with Gasteiger partial charge in [0, 0.05) is 25.3 Å². The zero-order valence-electron chi connectivity index (χ0n) is 12.1. The second-order valence-electron chi connectivity index (χ2n) is 5.08. The third-order valence-corrected chi connectivity index (χ3v) is 3.02. The Morgan fingerprint density at radius 1 is 1.26 bits per heavy atom. The highest BCUT2D eigenvalue weighted by Crippen LogP contribution is 2.32. The van der Waals surface area contributed by atoms with Crippen molar-refractivity contribution in [2.75, 3.05) is 32.7 Å². The van der Waals surface area contributed by atoms with Gasteiger partial charge >= 0.3 is 5.97 Å². The van der Waals surface area contributed by atoms with Gasteiger partial charge in [0.15, 0.2) is 11.5 Å². The van der Waals surface area contributed by atoms with Crippen molar-refractivity contribution in [3.63, 3.8) is 0 Å². The summed E-state index contributed by atoms with van der Waals surface area (Å²) in [6.07, 6.45) is 0. The first-order valence-electron chi connectivity index (χ1n) is 5.98. The molecule has 1 rings (SSSR count). The van der Waals surface area contributed by atoms with Gasteiger partial charge < -0.3 is 19.5 Å². The van der Waals surface area contributed by atoms with Crippen LogP contribution >= 0.6 is 0 Å². The minimum Gasteiger partial charge on any atom is -0.493 e. The number of anilines is 1. The minimum atomic E-state index is -0.820. The Morgan fingerprint density at radius 3 is 2.32 bits per heavy atom. The van der Waals surface area contributed by atoms with Gasteiger partial charge in [-0.05, 0) is 26.0 Å². The zero-order chi connectivity index (χ0) is 14.6. The third-order valence-electron chi connectivity index (χ3n) is 3.02. The molecule has 0 radical (unpaired) electrons. The summed E-state index contributed by atoms with van der Waals surface area (Å²) in [6, 6.07) is 5.51. The van der Waals surface area contributed by atoms with Crippen LogP contribution in [0.3, 0.4) is 0 Å². The van der Waals surface area contributed by atoms with E-state index < -0.39 is 11.4 Å². The van der Waals surface area contributed by atoms with Gasteiger partial charge in [-0.15, -0.1) is 0 Å². The van der Waals surface area contributed by atoms with Gasteiger partial charge in [-0.1, -0.05) is 0 Å². The Bertz CT molecular complexity index is 457. The maximum absolute atomic E-state index is 11.1. The van der Waals surface area contributed by atoms with E-state index >= 15 is 0 Å². The number of hydrogen-bond acceptors (Lipinski definition) is 4. The van der Waals surface area contributed by atoms with Gasteiger partial charge in [0.25, 0.3) is 0 Å². The largest absolute Gasteiger partial charge is 0.493 e. The van der Waals surface area contributed by atoms with Gasteiger partial charge in [0.1, 0.15) is 0 Å². The molecule has 0 atom stereocenters. The quantitative estimate of drug-likeness (QED) is 0.856. The predicted octanol–water partition coefficient (Wildman–Crippen LogP) is 2.25. The number of hydrogen-bond donors (Lipinski definition) is 1. The Kier molecular flexibility index (Phi) is 4.64. The second kappa shape index (κ2) is 5.82. The van der Waals surface area contributed by atoms with E-state index in [-0.39, 0.29) is 0 Å². The standard InChI is InChI=1S/C14H21NO4/c1-14(2,13(16)17)9-15(3)10-6-7-11(18-4)12(8-10)19-5/h6-8H,9H2,1-5H3,(H,16,17). The molecule has 19 heavy (non-hydrogen) atoms. The molecule has 0 spiro atoms. The van der Waals surface area contributed by atoms with Crippen molar-refractivity contribution in [2.45, 2.75) is 13.8 Å². The molecule has 1 aromatic carbocycles. The number of ether oxygens (including phenoxy) is 2. The van der Waals surface area contributed by atoms with Crippen LogP contribution in [0.2, 0.25) is 0 Å². The van der Waals surface area contributed by atoms with Crippen molar-refractivity contribution < 1.29 is 19.4 Å². The van der Waals surface area contributed by atoms with E-state index in [0.29, 0.717) is 18.0 Å². The number of carboxylic acid groups (broad SMARTS) is 1. The van der Waals surface area contributed by atoms with E-state index in [1.807, 2.05) is 24.1 Å². The van der Waals surface area contributed by atoms with E-state index in [1.54, 1.807) is 34.1 Å². The maximum atomic E-state index is 11.1. The number of benzene rings is 1. The van der Waals surface area contributed by atoms with Gasteiger partial charge in [0.2, 0.25) is 0 Å². The van der Waals surface area contributed by atoms with Gasteiger partial charge in [0.05, 0.1) is 19.6 Å². The van der Waals surface area contributed by atoms with Crippen molar-refractivity contribution in [3.05, 3.63) is 18.2 Å². The maximum Gasteiger partial charge on any atom is 0.310 e. The number of methoxy groups -OCH3 is 2. The summed E-state index contributed by atoms with van der Waals surface area (Å²) < 4.78 is 10.4. The van der Waals surface area contributed by atoms with E-state index in [4.69, 9.17) is 14.6 Å². The fourth-order valence-corrected chi connectivity index (χ4v) is 1.81. The van der Waals surface area contributed by atoms with Crippen molar-refractivity contribution in [2.24, 2.45) is 5.41 Å². The normalized spacial score (nSPS) is 11.0. The highest BCUT2D eigenvalue weighted by molar-refractivity contribution is 5.74. The highest BCUT2D eigenvalue weighted by atomic mass is 16.5. The molecule has 106 valence electrons. The fourth-order valence-electron chi connectivity index (χ4n) is 1.81. The lowest BCUT2D eigenvalue weighted by atomic mass is 9.93. The summed E-state index contributed by atoms with van der Waals surface area (Å²) in [5.74, 6) is 0.456. The molecule has 0 bridgehead atoms. The summed E-state index contributed by atoms with van der Waals surface area (Å²) in [5, 5.41) is 9.15. The Morgan fingerprint density at radius 2 is 1.84 bits per heavy atom. The van der Waals surface area contributed by atoms with Gasteiger partial charge in [-0.25, -0.2) is 0 Å². The summed E-state index contributed by atoms with van der Waals surface area (Å²) in [5.41, 5.74) is 0.0639. The molecule has 0 aromatic heterocycles. The van der Waals surface area contributed by atoms with Gasteiger partial charge in [-0.2, -0.15) is 0 Å². The number of rotatable bonds is 6. The van der Waals surface area contributed by atoms with Crippen molar-refractivity contribution in [3.8, 4) is 11.5 Å². The molecule has 1 N–H and O–H groups in total. The average Bonchev–Trinajstić information content (AvgIpc) is 2.37. The Hall–Kier alpha value is -1.91. The average molecular weight is 267 g/mol. The number of aliphatic carboxylic acids is 1. The van der Waals surface area contributed by atoms with Crippen LogP contribution in [-0.4, -0.2) is 38.9 Å². The molecular weight excluding hydrogens is 246 g/mol. The molecule has 0 heterocycles. The van der Waals surface area contributed by atoms with E-state index in [0.717, 1.165) is 5.69 Å². The van der Waals surface area contributed by atoms with Crippen LogP contribution in [0.4, 0.5) is 5.69 Å². The summed E-state index contributed by atoms with van der Waals surface area (Å²) in [4.78, 5) is 13.0.